The Morgan fingerprint density at radius 1 is 1.17 bits per heavy atom. The fourth-order valence-electron chi connectivity index (χ4n) is 2.67. The number of rotatable bonds is 5. The first-order valence-corrected chi connectivity index (χ1v) is 9.17. The smallest absolute Gasteiger partial charge is 0.198 e. The number of thioether (sulfide) groups is 1. The third-order valence-corrected chi connectivity index (χ3v) is 5.47. The van der Waals surface area contributed by atoms with Gasteiger partial charge in [0, 0.05) is 27.8 Å². The van der Waals surface area contributed by atoms with Crippen LogP contribution in [0.3, 0.4) is 0 Å². The quantitative estimate of drug-likeness (QED) is 0.551. The molecule has 3 rings (SSSR count). The highest BCUT2D eigenvalue weighted by Crippen LogP contribution is 2.33. The number of carbonyl (C=O) groups excluding carboxylic acids is 3. The Morgan fingerprint density at radius 3 is 2.75 bits per heavy atom. The Labute approximate surface area is 153 Å². The number of carbonyl (C=O) groups is 3. The summed E-state index contributed by atoms with van der Waals surface area (Å²) < 4.78 is 0.919. The fourth-order valence-corrected chi connectivity index (χ4v) is 4.01. The topological polar surface area (TPSA) is 51.2 Å². The number of ketones is 2. The predicted molar refractivity (Wildman–Crippen MR) is 97.5 cm³/mol. The van der Waals surface area contributed by atoms with Crippen LogP contribution in [0.15, 0.2) is 45.8 Å². The van der Waals surface area contributed by atoms with Crippen molar-refractivity contribution < 1.29 is 14.4 Å². The summed E-state index contributed by atoms with van der Waals surface area (Å²) in [6.45, 7) is 1.95. The van der Waals surface area contributed by atoms with E-state index in [1.54, 1.807) is 12.1 Å². The monoisotopic (exact) mass is 402 g/mol. The summed E-state index contributed by atoms with van der Waals surface area (Å²) in [5.74, 6) is -0.305. The van der Waals surface area contributed by atoms with Crippen molar-refractivity contribution in [2.45, 2.75) is 31.1 Å². The summed E-state index contributed by atoms with van der Waals surface area (Å²) in [4.78, 5) is 36.9. The van der Waals surface area contributed by atoms with Crippen LogP contribution in [0.5, 0.6) is 0 Å². The van der Waals surface area contributed by atoms with E-state index in [2.05, 4.69) is 15.9 Å². The molecule has 24 heavy (non-hydrogen) atoms. The molecule has 0 bridgehead atoms. The number of halogens is 1. The number of benzene rings is 2. The van der Waals surface area contributed by atoms with Crippen LogP contribution < -0.4 is 0 Å². The molecule has 1 aliphatic rings. The van der Waals surface area contributed by atoms with Crippen LogP contribution in [0.1, 0.15) is 33.5 Å². The van der Waals surface area contributed by atoms with Crippen LogP contribution in [-0.2, 0) is 22.4 Å². The molecule has 0 N–H and O–H groups in total. The van der Waals surface area contributed by atoms with Gasteiger partial charge in [-0.1, -0.05) is 45.9 Å². The zero-order valence-corrected chi connectivity index (χ0v) is 15.5. The van der Waals surface area contributed by atoms with Gasteiger partial charge in [0.2, 0.25) is 0 Å². The number of hydrogen-bond donors (Lipinski definition) is 0. The van der Waals surface area contributed by atoms with Gasteiger partial charge in [0.1, 0.15) is 5.78 Å². The molecule has 0 saturated carbocycles. The first kappa shape index (κ1) is 17.1. The van der Waals surface area contributed by atoms with Crippen molar-refractivity contribution in [3.63, 3.8) is 0 Å². The van der Waals surface area contributed by atoms with Gasteiger partial charge >= 0.3 is 0 Å². The number of aryl methyl sites for hydroxylation is 1. The first-order chi connectivity index (χ1) is 11.4. The van der Waals surface area contributed by atoms with E-state index in [1.807, 2.05) is 31.2 Å². The molecular weight excluding hydrogens is 388 g/mol. The Bertz CT molecular complexity index is 858. The summed E-state index contributed by atoms with van der Waals surface area (Å²) in [6, 6.07) is 11.0. The fraction of sp³-hybridized carbons (Fsp3) is 0.211. The van der Waals surface area contributed by atoms with Crippen molar-refractivity contribution in [2.24, 2.45) is 0 Å². The van der Waals surface area contributed by atoms with Crippen LogP contribution in [-0.4, -0.2) is 16.7 Å². The maximum absolute atomic E-state index is 12.4. The lowest BCUT2D eigenvalue weighted by molar-refractivity contribution is -0.117. The highest BCUT2D eigenvalue weighted by atomic mass is 79.9. The molecule has 122 valence electrons. The van der Waals surface area contributed by atoms with Crippen LogP contribution >= 0.6 is 27.7 Å². The maximum Gasteiger partial charge on any atom is 0.198 e. The van der Waals surface area contributed by atoms with Crippen molar-refractivity contribution in [1.82, 2.24) is 0 Å². The zero-order chi connectivity index (χ0) is 17.3. The standard InChI is InChI=1S/C19H15BrO3S/c1-11-2-5-15(20)6-14(11)7-16(21)10-17(22)12-3-4-13-9-19(23)24-18(13)8-12/h2-6,8H,7,9-10H2,1H3. The molecule has 5 heteroatoms. The summed E-state index contributed by atoms with van der Waals surface area (Å²) in [7, 11) is 0. The van der Waals surface area contributed by atoms with E-state index in [4.69, 9.17) is 0 Å². The Morgan fingerprint density at radius 2 is 1.96 bits per heavy atom. The van der Waals surface area contributed by atoms with Crippen molar-refractivity contribution >= 4 is 44.4 Å². The van der Waals surface area contributed by atoms with Crippen LogP contribution in [0.25, 0.3) is 0 Å². The van der Waals surface area contributed by atoms with E-state index in [0.29, 0.717) is 12.0 Å². The molecular formula is C19H15BrO3S. The molecule has 0 saturated heterocycles. The SMILES string of the molecule is Cc1ccc(Br)cc1CC(=O)CC(=O)c1ccc2c(c1)SC(=O)C2. The molecule has 0 atom stereocenters. The maximum atomic E-state index is 12.4. The summed E-state index contributed by atoms with van der Waals surface area (Å²) >= 11 is 4.57. The third kappa shape index (κ3) is 3.84. The summed E-state index contributed by atoms with van der Waals surface area (Å²) in [5, 5.41) is 0.0933. The van der Waals surface area contributed by atoms with Crippen LogP contribution in [0.2, 0.25) is 0 Å². The minimum atomic E-state index is -0.199. The molecule has 0 fully saturated rings. The van der Waals surface area contributed by atoms with Gasteiger partial charge in [-0.05, 0) is 41.8 Å². The molecule has 1 heterocycles. The number of fused-ring (bicyclic) bond motifs is 1. The number of hydrogen-bond acceptors (Lipinski definition) is 4. The minimum Gasteiger partial charge on any atom is -0.299 e. The predicted octanol–water partition coefficient (Wildman–Crippen LogP) is 4.32. The first-order valence-electron chi connectivity index (χ1n) is 7.56. The molecule has 0 spiro atoms. The Balaban J connectivity index is 1.69. The molecule has 0 unspecified atom stereocenters. The molecule has 1 aliphatic heterocycles. The largest absolute Gasteiger partial charge is 0.299 e. The average molecular weight is 403 g/mol. The van der Waals surface area contributed by atoms with Gasteiger partial charge in [0.15, 0.2) is 10.9 Å². The van der Waals surface area contributed by atoms with Gasteiger partial charge in [-0.25, -0.2) is 0 Å². The highest BCUT2D eigenvalue weighted by molar-refractivity contribution is 9.10. The lowest BCUT2D eigenvalue weighted by Crippen LogP contribution is -2.11. The highest BCUT2D eigenvalue weighted by Gasteiger charge is 2.21. The molecule has 2 aromatic carbocycles. The second kappa shape index (κ2) is 7.03. The van der Waals surface area contributed by atoms with Crippen molar-refractivity contribution in [3.8, 4) is 0 Å². The Hall–Kier alpha value is -1.72. The van der Waals surface area contributed by atoms with E-state index in [9.17, 15) is 14.4 Å². The third-order valence-electron chi connectivity index (χ3n) is 4.00. The molecule has 0 radical (unpaired) electrons. The lowest BCUT2D eigenvalue weighted by atomic mass is 9.98. The summed E-state index contributed by atoms with van der Waals surface area (Å²) in [6.07, 6.45) is 0.536. The zero-order valence-electron chi connectivity index (χ0n) is 13.1. The Kier molecular flexibility index (Phi) is 5.01. The second-order valence-electron chi connectivity index (χ2n) is 5.86. The van der Waals surface area contributed by atoms with E-state index in [0.717, 1.165) is 26.1 Å². The van der Waals surface area contributed by atoms with Gasteiger partial charge < -0.3 is 0 Å². The molecule has 0 aliphatic carbocycles. The molecule has 3 nitrogen and oxygen atoms in total. The lowest BCUT2D eigenvalue weighted by Gasteiger charge is -2.06. The normalized spacial score (nSPS) is 13.0. The van der Waals surface area contributed by atoms with Gasteiger partial charge in [-0.2, -0.15) is 0 Å². The summed E-state index contributed by atoms with van der Waals surface area (Å²) in [5.41, 5.74) is 3.41. The van der Waals surface area contributed by atoms with Crippen molar-refractivity contribution in [3.05, 3.63) is 63.1 Å². The van der Waals surface area contributed by atoms with E-state index >= 15 is 0 Å². The van der Waals surface area contributed by atoms with Crippen molar-refractivity contribution in [1.29, 1.82) is 0 Å². The number of Topliss-reactive ketones (excluding diaryl/α,β-unsaturated/α-hetero) is 2. The van der Waals surface area contributed by atoms with Crippen LogP contribution in [0.4, 0.5) is 0 Å². The average Bonchev–Trinajstić information content (AvgIpc) is 2.89. The molecule has 2 aromatic rings. The van der Waals surface area contributed by atoms with Gasteiger partial charge in [0.05, 0.1) is 6.42 Å². The van der Waals surface area contributed by atoms with E-state index in [1.165, 1.54) is 11.8 Å². The van der Waals surface area contributed by atoms with Gasteiger partial charge in [0.25, 0.3) is 0 Å². The van der Waals surface area contributed by atoms with Crippen LogP contribution in [0, 0.1) is 6.92 Å². The van der Waals surface area contributed by atoms with E-state index in [-0.39, 0.29) is 29.5 Å². The van der Waals surface area contributed by atoms with E-state index < -0.39 is 0 Å². The molecule has 0 aromatic heterocycles. The minimum absolute atomic E-state index is 0.0933. The van der Waals surface area contributed by atoms with Gasteiger partial charge in [-0.15, -0.1) is 0 Å². The van der Waals surface area contributed by atoms with Gasteiger partial charge in [-0.3, -0.25) is 14.4 Å². The van der Waals surface area contributed by atoms with Crippen molar-refractivity contribution in [2.75, 3.05) is 0 Å². The second-order valence-corrected chi connectivity index (χ2v) is 7.87. The molecule has 0 amide bonds.